The maximum absolute atomic E-state index is 11.6. The van der Waals surface area contributed by atoms with Gasteiger partial charge in [-0.05, 0) is 6.42 Å². The summed E-state index contributed by atoms with van der Waals surface area (Å²) in [7, 11) is 0. The quantitative estimate of drug-likeness (QED) is 0.693. The summed E-state index contributed by atoms with van der Waals surface area (Å²) in [6.45, 7) is 2.36. The Bertz CT molecular complexity index is 395. The van der Waals surface area contributed by atoms with Crippen molar-refractivity contribution in [3.8, 4) is 0 Å². The molecule has 1 aromatic heterocycles. The second-order valence-corrected chi connectivity index (χ2v) is 4.92. The van der Waals surface area contributed by atoms with E-state index in [-0.39, 0.29) is 11.9 Å². The SMILES string of the molecule is O=C1NCCNC1c1nc2n(n1)CCCS2. The standard InChI is InChI=1S/C9H13N5OS/c15-8-6(10-2-3-11-8)7-12-9-14(13-7)4-1-5-16-9/h6,10H,1-5H2,(H,11,15). The van der Waals surface area contributed by atoms with Crippen LogP contribution in [-0.4, -0.2) is 39.5 Å². The van der Waals surface area contributed by atoms with Gasteiger partial charge < -0.3 is 5.32 Å². The van der Waals surface area contributed by atoms with E-state index in [2.05, 4.69) is 20.7 Å². The maximum Gasteiger partial charge on any atom is 0.245 e. The number of nitrogens with one attached hydrogen (secondary N) is 2. The van der Waals surface area contributed by atoms with Crippen LogP contribution < -0.4 is 10.6 Å². The lowest BCUT2D eigenvalue weighted by Gasteiger charge is -2.20. The van der Waals surface area contributed by atoms with E-state index < -0.39 is 0 Å². The molecule has 0 bridgehead atoms. The highest BCUT2D eigenvalue weighted by Gasteiger charge is 2.28. The van der Waals surface area contributed by atoms with E-state index in [1.54, 1.807) is 11.8 Å². The minimum Gasteiger partial charge on any atom is -0.353 e. The zero-order valence-electron chi connectivity index (χ0n) is 8.77. The van der Waals surface area contributed by atoms with Crippen LogP contribution in [0.15, 0.2) is 5.16 Å². The average Bonchev–Trinajstić information content (AvgIpc) is 2.73. The Hall–Kier alpha value is -1.08. The number of amides is 1. The summed E-state index contributed by atoms with van der Waals surface area (Å²) >= 11 is 1.70. The smallest absolute Gasteiger partial charge is 0.245 e. The molecule has 0 radical (unpaired) electrons. The zero-order valence-corrected chi connectivity index (χ0v) is 9.59. The molecule has 6 nitrogen and oxygen atoms in total. The molecule has 1 fully saturated rings. The molecule has 1 aromatic rings. The third-order valence-corrected chi connectivity index (χ3v) is 3.75. The molecule has 7 heteroatoms. The van der Waals surface area contributed by atoms with Gasteiger partial charge in [-0.2, -0.15) is 5.10 Å². The number of rotatable bonds is 1. The molecule has 16 heavy (non-hydrogen) atoms. The molecule has 2 aliphatic heterocycles. The number of carbonyl (C=O) groups excluding carboxylic acids is 1. The number of hydrogen-bond donors (Lipinski definition) is 2. The predicted octanol–water partition coefficient (Wildman–Crippen LogP) is -0.466. The van der Waals surface area contributed by atoms with Crippen LogP contribution in [0.5, 0.6) is 0 Å². The molecular weight excluding hydrogens is 226 g/mol. The van der Waals surface area contributed by atoms with Gasteiger partial charge in [-0.15, -0.1) is 0 Å². The van der Waals surface area contributed by atoms with Gasteiger partial charge in [0.1, 0.15) is 6.04 Å². The first-order valence-corrected chi connectivity index (χ1v) is 6.42. The second kappa shape index (κ2) is 4.06. The van der Waals surface area contributed by atoms with Gasteiger partial charge in [0.15, 0.2) is 11.0 Å². The van der Waals surface area contributed by atoms with E-state index >= 15 is 0 Å². The van der Waals surface area contributed by atoms with Crippen molar-refractivity contribution in [2.45, 2.75) is 24.2 Å². The van der Waals surface area contributed by atoms with Crippen molar-refractivity contribution in [1.82, 2.24) is 25.4 Å². The molecule has 0 aliphatic carbocycles. The first-order valence-electron chi connectivity index (χ1n) is 5.43. The topological polar surface area (TPSA) is 71.8 Å². The Morgan fingerprint density at radius 1 is 1.44 bits per heavy atom. The number of aryl methyl sites for hydroxylation is 1. The number of thioether (sulfide) groups is 1. The van der Waals surface area contributed by atoms with Crippen LogP contribution in [0.3, 0.4) is 0 Å². The fourth-order valence-corrected chi connectivity index (χ4v) is 2.80. The lowest BCUT2D eigenvalue weighted by molar-refractivity contribution is -0.124. The fourth-order valence-electron chi connectivity index (χ4n) is 1.90. The molecule has 0 aromatic carbocycles. The van der Waals surface area contributed by atoms with E-state index in [1.807, 2.05) is 4.68 Å². The molecular formula is C9H13N5OS. The van der Waals surface area contributed by atoms with Gasteiger partial charge in [0, 0.05) is 25.4 Å². The van der Waals surface area contributed by atoms with Crippen molar-refractivity contribution in [2.24, 2.45) is 0 Å². The van der Waals surface area contributed by atoms with Crippen molar-refractivity contribution in [3.05, 3.63) is 5.82 Å². The Balaban J connectivity index is 1.88. The van der Waals surface area contributed by atoms with E-state index in [9.17, 15) is 4.79 Å². The normalized spacial score (nSPS) is 25.0. The van der Waals surface area contributed by atoms with Crippen molar-refractivity contribution >= 4 is 17.7 Å². The molecule has 2 N–H and O–H groups in total. The molecule has 1 unspecified atom stereocenters. The van der Waals surface area contributed by atoms with Crippen LogP contribution in [0, 0.1) is 0 Å². The Labute approximate surface area is 97.2 Å². The first-order chi connectivity index (χ1) is 7.84. The summed E-state index contributed by atoms with van der Waals surface area (Å²) in [5.74, 6) is 1.66. The monoisotopic (exact) mass is 239 g/mol. The lowest BCUT2D eigenvalue weighted by Crippen LogP contribution is -2.47. The lowest BCUT2D eigenvalue weighted by atomic mass is 10.2. The number of hydrogen-bond acceptors (Lipinski definition) is 5. The Morgan fingerprint density at radius 3 is 3.19 bits per heavy atom. The minimum absolute atomic E-state index is 0.0285. The van der Waals surface area contributed by atoms with E-state index in [4.69, 9.17) is 0 Å². The van der Waals surface area contributed by atoms with Gasteiger partial charge >= 0.3 is 0 Å². The van der Waals surface area contributed by atoms with Crippen molar-refractivity contribution in [2.75, 3.05) is 18.8 Å². The van der Waals surface area contributed by atoms with E-state index in [0.29, 0.717) is 12.4 Å². The minimum atomic E-state index is -0.382. The number of fused-ring (bicyclic) bond motifs is 1. The summed E-state index contributed by atoms with van der Waals surface area (Å²) in [5.41, 5.74) is 0. The Kier molecular flexibility index (Phi) is 2.56. The summed E-state index contributed by atoms with van der Waals surface area (Å²) < 4.78 is 1.90. The van der Waals surface area contributed by atoms with E-state index in [1.165, 1.54) is 0 Å². The summed E-state index contributed by atoms with van der Waals surface area (Å²) in [4.78, 5) is 16.1. The van der Waals surface area contributed by atoms with Gasteiger partial charge in [0.25, 0.3) is 0 Å². The summed E-state index contributed by atoms with van der Waals surface area (Å²) in [6, 6.07) is -0.382. The van der Waals surface area contributed by atoms with Crippen molar-refractivity contribution < 1.29 is 4.79 Å². The number of nitrogens with zero attached hydrogens (tertiary/aromatic N) is 3. The van der Waals surface area contributed by atoms with E-state index in [0.717, 1.165) is 30.4 Å². The molecule has 2 aliphatic rings. The van der Waals surface area contributed by atoms with Gasteiger partial charge in [0.2, 0.25) is 5.91 Å². The molecule has 0 saturated carbocycles. The second-order valence-electron chi connectivity index (χ2n) is 3.86. The molecule has 1 atom stereocenters. The summed E-state index contributed by atoms with van der Waals surface area (Å²) in [5, 5.41) is 11.3. The zero-order chi connectivity index (χ0) is 11.0. The molecule has 3 rings (SSSR count). The average molecular weight is 239 g/mol. The third kappa shape index (κ3) is 1.69. The highest BCUT2D eigenvalue weighted by Crippen LogP contribution is 2.24. The third-order valence-electron chi connectivity index (χ3n) is 2.69. The predicted molar refractivity (Wildman–Crippen MR) is 59.1 cm³/mol. The highest BCUT2D eigenvalue weighted by molar-refractivity contribution is 7.99. The highest BCUT2D eigenvalue weighted by atomic mass is 32.2. The van der Waals surface area contributed by atoms with Gasteiger partial charge in [-0.3, -0.25) is 10.1 Å². The maximum atomic E-state index is 11.6. The van der Waals surface area contributed by atoms with Gasteiger partial charge in [0.05, 0.1) is 0 Å². The van der Waals surface area contributed by atoms with Crippen molar-refractivity contribution in [3.63, 3.8) is 0 Å². The molecule has 0 spiro atoms. The van der Waals surface area contributed by atoms with Crippen molar-refractivity contribution in [1.29, 1.82) is 0 Å². The molecule has 1 saturated heterocycles. The molecule has 1 amide bonds. The van der Waals surface area contributed by atoms with Crippen LogP contribution in [0.1, 0.15) is 18.3 Å². The van der Waals surface area contributed by atoms with Crippen LogP contribution in [0.4, 0.5) is 0 Å². The van der Waals surface area contributed by atoms with Crippen LogP contribution >= 0.6 is 11.8 Å². The van der Waals surface area contributed by atoms with Crippen LogP contribution in [0.2, 0.25) is 0 Å². The van der Waals surface area contributed by atoms with Gasteiger partial charge in [-0.1, -0.05) is 11.8 Å². The molecule has 3 heterocycles. The van der Waals surface area contributed by atoms with Crippen LogP contribution in [0.25, 0.3) is 0 Å². The van der Waals surface area contributed by atoms with Crippen LogP contribution in [-0.2, 0) is 11.3 Å². The molecule has 86 valence electrons. The largest absolute Gasteiger partial charge is 0.353 e. The fraction of sp³-hybridized carbons (Fsp3) is 0.667. The van der Waals surface area contributed by atoms with Gasteiger partial charge in [-0.25, -0.2) is 9.67 Å². The first kappa shape index (κ1) is 10.1. The summed E-state index contributed by atoms with van der Waals surface area (Å²) in [6.07, 6.45) is 1.12. The number of carbonyl (C=O) groups is 1. The Morgan fingerprint density at radius 2 is 2.38 bits per heavy atom. The number of aromatic nitrogens is 3. The number of piperazine rings is 1.